The highest BCUT2D eigenvalue weighted by atomic mass is 32.2. The smallest absolute Gasteiger partial charge is 0.223 e. The second-order valence-corrected chi connectivity index (χ2v) is 8.52. The van der Waals surface area contributed by atoms with E-state index in [-0.39, 0.29) is 10.8 Å². The molecule has 0 amide bonds. The highest BCUT2D eigenvalue weighted by molar-refractivity contribution is 7.90. The normalized spacial score (nSPS) is 18.1. The van der Waals surface area contributed by atoms with Crippen LogP contribution >= 0.6 is 0 Å². The first-order valence-electron chi connectivity index (χ1n) is 8.51. The molecule has 1 atom stereocenters. The molecule has 0 bridgehead atoms. The average Bonchev–Trinajstić information content (AvgIpc) is 2.61. The molecule has 2 heterocycles. The van der Waals surface area contributed by atoms with E-state index in [4.69, 9.17) is 0 Å². The van der Waals surface area contributed by atoms with Gasteiger partial charge in [-0.15, -0.1) is 0 Å². The predicted octanol–water partition coefficient (Wildman–Crippen LogP) is 2.27. The molecule has 25 heavy (non-hydrogen) atoms. The van der Waals surface area contributed by atoms with Crippen LogP contribution in [0.2, 0.25) is 0 Å². The standard InChI is InChI=1S/C18H24N4O2S/c1-13-6-3-4-7-14(13)11-20-18-21-12-16(25(2,23)24)17(22-18)15-8-5-9-19-10-15/h3-4,6-7,12,15,19H,5,8-11H2,1-2H3,(H,20,21,22)/t15-/m1/s1. The van der Waals surface area contributed by atoms with Gasteiger partial charge >= 0.3 is 0 Å². The van der Waals surface area contributed by atoms with Gasteiger partial charge < -0.3 is 10.6 Å². The highest BCUT2D eigenvalue weighted by Gasteiger charge is 2.25. The maximum atomic E-state index is 12.1. The van der Waals surface area contributed by atoms with Gasteiger partial charge in [-0.2, -0.15) is 0 Å². The fraction of sp³-hybridized carbons (Fsp3) is 0.444. The zero-order valence-electron chi connectivity index (χ0n) is 14.6. The van der Waals surface area contributed by atoms with Gasteiger partial charge in [-0.3, -0.25) is 0 Å². The molecule has 1 aliphatic rings. The van der Waals surface area contributed by atoms with Crippen molar-refractivity contribution in [2.45, 2.75) is 37.1 Å². The Morgan fingerprint density at radius 1 is 1.32 bits per heavy atom. The molecule has 1 saturated heterocycles. The van der Waals surface area contributed by atoms with E-state index >= 15 is 0 Å². The first-order chi connectivity index (χ1) is 11.9. The summed E-state index contributed by atoms with van der Waals surface area (Å²) in [5, 5.41) is 6.54. The number of sulfone groups is 1. The van der Waals surface area contributed by atoms with Gasteiger partial charge in [0.05, 0.1) is 11.9 Å². The number of aryl methyl sites for hydroxylation is 1. The molecule has 0 spiro atoms. The van der Waals surface area contributed by atoms with Gasteiger partial charge in [0.1, 0.15) is 4.90 Å². The van der Waals surface area contributed by atoms with E-state index in [1.165, 1.54) is 23.6 Å². The minimum absolute atomic E-state index is 0.0977. The lowest BCUT2D eigenvalue weighted by atomic mass is 9.96. The molecule has 1 aliphatic heterocycles. The van der Waals surface area contributed by atoms with Crippen LogP contribution in [0.4, 0.5) is 5.95 Å². The Balaban J connectivity index is 1.87. The Bertz CT molecular complexity index is 846. The molecule has 1 fully saturated rings. The van der Waals surface area contributed by atoms with Crippen molar-refractivity contribution in [3.05, 3.63) is 47.3 Å². The van der Waals surface area contributed by atoms with E-state index < -0.39 is 9.84 Å². The fourth-order valence-corrected chi connectivity index (χ4v) is 3.95. The summed E-state index contributed by atoms with van der Waals surface area (Å²) in [5.74, 6) is 0.566. The van der Waals surface area contributed by atoms with Crippen molar-refractivity contribution in [1.82, 2.24) is 15.3 Å². The van der Waals surface area contributed by atoms with Gasteiger partial charge in [-0.25, -0.2) is 18.4 Å². The Labute approximate surface area is 149 Å². The van der Waals surface area contributed by atoms with E-state index in [0.29, 0.717) is 18.2 Å². The zero-order valence-corrected chi connectivity index (χ0v) is 15.4. The largest absolute Gasteiger partial charge is 0.350 e. The number of hydrogen-bond donors (Lipinski definition) is 2. The third-order valence-electron chi connectivity index (χ3n) is 4.56. The zero-order chi connectivity index (χ0) is 17.9. The second-order valence-electron chi connectivity index (χ2n) is 6.54. The van der Waals surface area contributed by atoms with E-state index in [1.807, 2.05) is 12.1 Å². The summed E-state index contributed by atoms with van der Waals surface area (Å²) in [6.45, 7) is 4.38. The maximum Gasteiger partial charge on any atom is 0.223 e. The van der Waals surface area contributed by atoms with Gasteiger partial charge in [-0.05, 0) is 37.4 Å². The summed E-state index contributed by atoms with van der Waals surface area (Å²) < 4.78 is 24.2. The van der Waals surface area contributed by atoms with E-state index in [9.17, 15) is 8.42 Å². The summed E-state index contributed by atoms with van der Waals surface area (Å²) in [6.07, 6.45) is 4.60. The van der Waals surface area contributed by atoms with Gasteiger partial charge in [-0.1, -0.05) is 24.3 Å². The SMILES string of the molecule is Cc1ccccc1CNc1ncc(S(C)(=O)=O)c([C@@H]2CCCNC2)n1. The van der Waals surface area contributed by atoms with Crippen molar-refractivity contribution in [3.8, 4) is 0 Å². The van der Waals surface area contributed by atoms with Crippen molar-refractivity contribution < 1.29 is 8.42 Å². The second kappa shape index (κ2) is 7.49. The molecule has 0 unspecified atom stereocenters. The summed E-state index contributed by atoms with van der Waals surface area (Å²) in [6, 6.07) is 8.12. The van der Waals surface area contributed by atoms with Crippen LogP contribution in [0.15, 0.2) is 35.4 Å². The molecule has 0 saturated carbocycles. The van der Waals surface area contributed by atoms with Crippen molar-refractivity contribution >= 4 is 15.8 Å². The molecule has 0 radical (unpaired) electrons. The first-order valence-corrected chi connectivity index (χ1v) is 10.4. The molecule has 0 aliphatic carbocycles. The van der Waals surface area contributed by atoms with Gasteiger partial charge in [0.2, 0.25) is 5.95 Å². The molecular formula is C18H24N4O2S. The number of aromatic nitrogens is 2. The summed E-state index contributed by atoms with van der Waals surface area (Å²) >= 11 is 0. The van der Waals surface area contributed by atoms with Gasteiger partial charge in [0.25, 0.3) is 0 Å². The molecule has 1 aromatic carbocycles. The topological polar surface area (TPSA) is 84.0 Å². The van der Waals surface area contributed by atoms with Crippen LogP contribution in [0.3, 0.4) is 0 Å². The molecule has 1 aromatic heterocycles. The number of benzene rings is 1. The third kappa shape index (κ3) is 4.35. The maximum absolute atomic E-state index is 12.1. The quantitative estimate of drug-likeness (QED) is 0.851. The van der Waals surface area contributed by atoms with Crippen molar-refractivity contribution in [3.63, 3.8) is 0 Å². The number of nitrogens with zero attached hydrogens (tertiary/aromatic N) is 2. The van der Waals surface area contributed by atoms with E-state index in [0.717, 1.165) is 25.9 Å². The molecule has 2 aromatic rings. The van der Waals surface area contributed by atoms with E-state index in [1.54, 1.807) is 0 Å². The molecule has 3 rings (SSSR count). The minimum atomic E-state index is -3.35. The summed E-state index contributed by atoms with van der Waals surface area (Å²) in [5.41, 5.74) is 2.98. The summed E-state index contributed by atoms with van der Waals surface area (Å²) in [4.78, 5) is 9.03. The van der Waals surface area contributed by atoms with Crippen molar-refractivity contribution in [1.29, 1.82) is 0 Å². The van der Waals surface area contributed by atoms with E-state index in [2.05, 4.69) is 39.7 Å². The van der Waals surface area contributed by atoms with Gasteiger partial charge in [0.15, 0.2) is 9.84 Å². The fourth-order valence-electron chi connectivity index (χ4n) is 3.12. The van der Waals surface area contributed by atoms with Crippen molar-refractivity contribution in [2.24, 2.45) is 0 Å². The van der Waals surface area contributed by atoms with Crippen LogP contribution in [0.25, 0.3) is 0 Å². The molecule has 134 valence electrons. The summed E-state index contributed by atoms with van der Waals surface area (Å²) in [7, 11) is -3.35. The monoisotopic (exact) mass is 360 g/mol. The van der Waals surface area contributed by atoms with Crippen LogP contribution in [-0.2, 0) is 16.4 Å². The average molecular weight is 360 g/mol. The Morgan fingerprint density at radius 2 is 2.12 bits per heavy atom. The van der Waals surface area contributed by atoms with Crippen LogP contribution in [-0.4, -0.2) is 37.7 Å². The Hall–Kier alpha value is -1.99. The minimum Gasteiger partial charge on any atom is -0.350 e. The number of hydrogen-bond acceptors (Lipinski definition) is 6. The van der Waals surface area contributed by atoms with Crippen LogP contribution in [0, 0.1) is 6.92 Å². The third-order valence-corrected chi connectivity index (χ3v) is 5.68. The lowest BCUT2D eigenvalue weighted by molar-refractivity contribution is 0.448. The van der Waals surface area contributed by atoms with Crippen LogP contribution in [0.5, 0.6) is 0 Å². The van der Waals surface area contributed by atoms with Gasteiger partial charge in [0, 0.05) is 25.3 Å². The molecule has 2 N–H and O–H groups in total. The lowest BCUT2D eigenvalue weighted by Crippen LogP contribution is -2.30. The Morgan fingerprint density at radius 3 is 2.80 bits per heavy atom. The Kier molecular flexibility index (Phi) is 5.34. The highest BCUT2D eigenvalue weighted by Crippen LogP contribution is 2.28. The first kappa shape index (κ1) is 17.8. The molecule has 6 nitrogen and oxygen atoms in total. The molecule has 7 heteroatoms. The number of nitrogens with one attached hydrogen (secondary N) is 2. The number of piperidine rings is 1. The van der Waals surface area contributed by atoms with Crippen LogP contribution < -0.4 is 10.6 Å². The van der Waals surface area contributed by atoms with Crippen molar-refractivity contribution in [2.75, 3.05) is 24.7 Å². The number of rotatable bonds is 5. The molecular weight excluding hydrogens is 336 g/mol. The number of anilines is 1. The lowest BCUT2D eigenvalue weighted by Gasteiger charge is -2.24. The predicted molar refractivity (Wildman–Crippen MR) is 98.5 cm³/mol. The van der Waals surface area contributed by atoms with Crippen LogP contribution in [0.1, 0.15) is 35.6 Å².